The molecule has 0 aliphatic carbocycles. The van der Waals surface area contributed by atoms with Gasteiger partial charge in [0.2, 0.25) is 5.91 Å². The van der Waals surface area contributed by atoms with Crippen LogP contribution < -0.4 is 5.32 Å². The molecule has 1 N–H and O–H groups in total. The zero-order valence-corrected chi connectivity index (χ0v) is 12.3. The Morgan fingerprint density at radius 2 is 2.15 bits per heavy atom. The van der Waals surface area contributed by atoms with Crippen LogP contribution in [0.5, 0.6) is 0 Å². The molecule has 1 saturated heterocycles. The van der Waals surface area contributed by atoms with Gasteiger partial charge in [0.15, 0.2) is 0 Å². The summed E-state index contributed by atoms with van der Waals surface area (Å²) in [5.74, 6) is -0.252. The molecule has 1 aliphatic heterocycles. The van der Waals surface area contributed by atoms with Crippen molar-refractivity contribution in [1.29, 1.82) is 0 Å². The van der Waals surface area contributed by atoms with Crippen molar-refractivity contribution in [2.24, 2.45) is 0 Å². The molecule has 1 atom stereocenters. The summed E-state index contributed by atoms with van der Waals surface area (Å²) in [6.45, 7) is 5.86. The molecule has 1 amide bonds. The van der Waals surface area contributed by atoms with Crippen molar-refractivity contribution in [3.05, 3.63) is 35.6 Å². The summed E-state index contributed by atoms with van der Waals surface area (Å²) in [5, 5.41) is 3.08. The number of hydrogen-bond acceptors (Lipinski definition) is 3. The largest absolute Gasteiger partial charge is 0.320 e. The molecular formula is C15H22FN3O. The van der Waals surface area contributed by atoms with Gasteiger partial charge in [0.1, 0.15) is 12.0 Å². The molecule has 20 heavy (non-hydrogen) atoms. The zero-order valence-electron chi connectivity index (χ0n) is 12.3. The van der Waals surface area contributed by atoms with E-state index in [2.05, 4.69) is 24.1 Å². The highest BCUT2D eigenvalue weighted by Gasteiger charge is 2.32. The molecule has 1 aromatic carbocycles. The van der Waals surface area contributed by atoms with Gasteiger partial charge < -0.3 is 9.80 Å². The Bertz CT molecular complexity index is 478. The highest BCUT2D eigenvalue weighted by Crippen LogP contribution is 2.24. The average molecular weight is 279 g/mol. The van der Waals surface area contributed by atoms with Gasteiger partial charge in [-0.25, -0.2) is 4.39 Å². The summed E-state index contributed by atoms with van der Waals surface area (Å²) >= 11 is 0. The number of likely N-dealkylation sites (N-methyl/N-ethyl adjacent to an activating group) is 1. The number of halogens is 1. The summed E-state index contributed by atoms with van der Waals surface area (Å²) in [4.78, 5) is 15.9. The molecule has 1 heterocycles. The van der Waals surface area contributed by atoms with Crippen LogP contribution in [-0.2, 0) is 4.79 Å². The number of amides is 1. The molecule has 110 valence electrons. The van der Waals surface area contributed by atoms with E-state index in [0.29, 0.717) is 18.2 Å². The molecule has 1 unspecified atom stereocenters. The van der Waals surface area contributed by atoms with Crippen LogP contribution in [0.3, 0.4) is 0 Å². The van der Waals surface area contributed by atoms with Crippen LogP contribution in [0.25, 0.3) is 0 Å². The van der Waals surface area contributed by atoms with E-state index in [1.54, 1.807) is 23.1 Å². The standard InChI is InChI=1S/C15H22FN3O/c1-11(2)18(3)8-9-19-14(20)10-17-15(19)12-6-4-5-7-13(12)16/h4-7,11,15,17H,8-10H2,1-3H3. The number of hydrogen-bond donors (Lipinski definition) is 1. The minimum atomic E-state index is -0.357. The number of nitrogens with one attached hydrogen (secondary N) is 1. The average Bonchev–Trinajstić information content (AvgIpc) is 2.77. The first-order chi connectivity index (χ1) is 9.50. The predicted molar refractivity (Wildman–Crippen MR) is 76.6 cm³/mol. The van der Waals surface area contributed by atoms with E-state index >= 15 is 0 Å². The van der Waals surface area contributed by atoms with Crippen LogP contribution in [-0.4, -0.2) is 48.4 Å². The molecule has 1 aromatic rings. The van der Waals surface area contributed by atoms with Gasteiger partial charge in [-0.05, 0) is 27.0 Å². The van der Waals surface area contributed by atoms with E-state index in [1.807, 2.05) is 7.05 Å². The number of carbonyl (C=O) groups is 1. The maximum atomic E-state index is 13.9. The zero-order chi connectivity index (χ0) is 14.7. The molecule has 0 bridgehead atoms. The third kappa shape index (κ3) is 3.16. The third-order valence-electron chi connectivity index (χ3n) is 3.85. The minimum absolute atomic E-state index is 0.0235. The van der Waals surface area contributed by atoms with Crippen molar-refractivity contribution in [2.75, 3.05) is 26.7 Å². The van der Waals surface area contributed by atoms with Gasteiger partial charge in [0.05, 0.1) is 6.54 Å². The molecular weight excluding hydrogens is 257 g/mol. The van der Waals surface area contributed by atoms with E-state index in [1.165, 1.54) is 6.07 Å². The van der Waals surface area contributed by atoms with Crippen molar-refractivity contribution in [3.8, 4) is 0 Å². The van der Waals surface area contributed by atoms with Gasteiger partial charge in [-0.2, -0.15) is 0 Å². The SMILES string of the molecule is CC(C)N(C)CCN1C(=O)CNC1c1ccccc1F. The van der Waals surface area contributed by atoms with E-state index in [-0.39, 0.29) is 24.4 Å². The highest BCUT2D eigenvalue weighted by atomic mass is 19.1. The number of rotatable bonds is 5. The van der Waals surface area contributed by atoms with Gasteiger partial charge in [0, 0.05) is 24.7 Å². The topological polar surface area (TPSA) is 35.6 Å². The summed E-state index contributed by atoms with van der Waals surface area (Å²) in [7, 11) is 2.02. The monoisotopic (exact) mass is 279 g/mol. The lowest BCUT2D eigenvalue weighted by atomic mass is 10.1. The van der Waals surface area contributed by atoms with E-state index in [4.69, 9.17) is 0 Å². The number of benzene rings is 1. The van der Waals surface area contributed by atoms with E-state index in [9.17, 15) is 9.18 Å². The summed E-state index contributed by atoms with van der Waals surface area (Å²) in [6.07, 6.45) is -0.357. The van der Waals surface area contributed by atoms with Gasteiger partial charge in [-0.15, -0.1) is 0 Å². The first kappa shape index (κ1) is 14.9. The summed E-state index contributed by atoms with van der Waals surface area (Å²) in [5.41, 5.74) is 0.533. The molecule has 0 radical (unpaired) electrons. The van der Waals surface area contributed by atoms with Crippen LogP contribution in [0.1, 0.15) is 25.6 Å². The van der Waals surface area contributed by atoms with Crippen molar-refractivity contribution < 1.29 is 9.18 Å². The maximum Gasteiger partial charge on any atom is 0.238 e. The first-order valence-electron chi connectivity index (χ1n) is 6.98. The molecule has 4 nitrogen and oxygen atoms in total. The molecule has 0 spiro atoms. The lowest BCUT2D eigenvalue weighted by molar-refractivity contribution is -0.128. The van der Waals surface area contributed by atoms with Crippen LogP contribution in [0.15, 0.2) is 24.3 Å². The second-order valence-electron chi connectivity index (χ2n) is 5.47. The molecule has 1 aliphatic rings. The van der Waals surface area contributed by atoms with Crippen LogP contribution in [0, 0.1) is 5.82 Å². The Hall–Kier alpha value is -1.46. The Labute approximate surface area is 119 Å². The summed E-state index contributed by atoms with van der Waals surface area (Å²) in [6, 6.07) is 7.03. The molecule has 0 saturated carbocycles. The van der Waals surface area contributed by atoms with Crippen molar-refractivity contribution in [3.63, 3.8) is 0 Å². The number of carbonyl (C=O) groups excluding carboxylic acids is 1. The fraction of sp³-hybridized carbons (Fsp3) is 0.533. The molecule has 1 fully saturated rings. The molecule has 5 heteroatoms. The van der Waals surface area contributed by atoms with Crippen LogP contribution in [0.2, 0.25) is 0 Å². The first-order valence-corrected chi connectivity index (χ1v) is 6.98. The van der Waals surface area contributed by atoms with Crippen molar-refractivity contribution in [1.82, 2.24) is 15.1 Å². The highest BCUT2D eigenvalue weighted by molar-refractivity contribution is 5.81. The molecule has 2 rings (SSSR count). The van der Waals surface area contributed by atoms with E-state index < -0.39 is 0 Å². The van der Waals surface area contributed by atoms with Crippen LogP contribution >= 0.6 is 0 Å². The third-order valence-corrected chi connectivity index (χ3v) is 3.85. The second-order valence-corrected chi connectivity index (χ2v) is 5.47. The van der Waals surface area contributed by atoms with Gasteiger partial charge in [-0.3, -0.25) is 10.1 Å². The Balaban J connectivity index is 2.09. The fourth-order valence-electron chi connectivity index (χ4n) is 2.29. The van der Waals surface area contributed by atoms with Gasteiger partial charge in [-0.1, -0.05) is 18.2 Å². The Kier molecular flexibility index (Phi) is 4.73. The summed E-state index contributed by atoms with van der Waals surface area (Å²) < 4.78 is 13.9. The van der Waals surface area contributed by atoms with Crippen LogP contribution in [0.4, 0.5) is 4.39 Å². The number of nitrogens with zero attached hydrogens (tertiary/aromatic N) is 2. The minimum Gasteiger partial charge on any atom is -0.320 e. The predicted octanol–water partition coefficient (Wildman–Crippen LogP) is 1.60. The Morgan fingerprint density at radius 3 is 2.80 bits per heavy atom. The van der Waals surface area contributed by atoms with Crippen molar-refractivity contribution in [2.45, 2.75) is 26.1 Å². The van der Waals surface area contributed by atoms with Crippen molar-refractivity contribution >= 4 is 5.91 Å². The normalized spacial score (nSPS) is 19.4. The maximum absolute atomic E-state index is 13.9. The smallest absolute Gasteiger partial charge is 0.238 e. The van der Waals surface area contributed by atoms with Gasteiger partial charge >= 0.3 is 0 Å². The quantitative estimate of drug-likeness (QED) is 0.889. The van der Waals surface area contributed by atoms with Gasteiger partial charge in [0.25, 0.3) is 0 Å². The second kappa shape index (κ2) is 6.33. The lowest BCUT2D eigenvalue weighted by Gasteiger charge is -2.28. The van der Waals surface area contributed by atoms with E-state index in [0.717, 1.165) is 6.54 Å². The Morgan fingerprint density at radius 1 is 1.45 bits per heavy atom. The lowest BCUT2D eigenvalue weighted by Crippen LogP contribution is -2.39. The fourth-order valence-corrected chi connectivity index (χ4v) is 2.29. The molecule has 0 aromatic heterocycles.